The van der Waals surface area contributed by atoms with Crippen molar-refractivity contribution in [1.29, 1.82) is 0 Å². The predicted molar refractivity (Wildman–Crippen MR) is 113 cm³/mol. The van der Waals surface area contributed by atoms with Gasteiger partial charge in [0.2, 0.25) is 0 Å². The number of amides is 2. The minimum atomic E-state index is -0.314. The quantitative estimate of drug-likeness (QED) is 0.808. The monoisotopic (exact) mass is 395 g/mol. The Kier molecular flexibility index (Phi) is 6.23. The van der Waals surface area contributed by atoms with Gasteiger partial charge in [-0.1, -0.05) is 32.9 Å². The topological polar surface area (TPSA) is 65.8 Å². The summed E-state index contributed by atoms with van der Waals surface area (Å²) in [6.07, 6.45) is 3.12. The fourth-order valence-electron chi connectivity index (χ4n) is 3.16. The van der Waals surface area contributed by atoms with Gasteiger partial charge in [0, 0.05) is 37.8 Å². The number of carbonyl (C=O) groups is 2. The van der Waals surface area contributed by atoms with E-state index in [1.165, 1.54) is 6.26 Å². The standard InChI is InChI=1S/C23H29N3O3/c1-23(2,3)18-9-7-17(8-10-18)21(27)24-20(16-19-6-5-15-29-19)22(28)26-13-11-25(4)12-14-26/h5-10,15-16H,11-14H2,1-4H3,(H,24,27)/b20-16-. The molecular formula is C23H29N3O3. The fraction of sp³-hybridized carbons (Fsp3) is 0.391. The third kappa shape index (κ3) is 5.35. The van der Waals surface area contributed by atoms with Gasteiger partial charge in [0.1, 0.15) is 11.5 Å². The number of likely N-dealkylation sites (N-methyl/N-ethyl adjacent to an activating group) is 1. The lowest BCUT2D eigenvalue weighted by Crippen LogP contribution is -2.49. The summed E-state index contributed by atoms with van der Waals surface area (Å²) in [7, 11) is 2.03. The zero-order valence-electron chi connectivity index (χ0n) is 17.6. The van der Waals surface area contributed by atoms with Crippen LogP contribution in [0.3, 0.4) is 0 Å². The third-order valence-corrected chi connectivity index (χ3v) is 5.11. The summed E-state index contributed by atoms with van der Waals surface area (Å²) in [5, 5.41) is 2.80. The maximum Gasteiger partial charge on any atom is 0.270 e. The van der Waals surface area contributed by atoms with Gasteiger partial charge in [0.25, 0.3) is 11.8 Å². The van der Waals surface area contributed by atoms with Crippen LogP contribution in [0.4, 0.5) is 0 Å². The Morgan fingerprint density at radius 2 is 1.69 bits per heavy atom. The number of rotatable bonds is 4. The molecule has 6 heteroatoms. The largest absolute Gasteiger partial charge is 0.465 e. The van der Waals surface area contributed by atoms with Gasteiger partial charge in [-0.05, 0) is 42.3 Å². The van der Waals surface area contributed by atoms with E-state index in [0.29, 0.717) is 24.4 Å². The summed E-state index contributed by atoms with van der Waals surface area (Å²) in [5.41, 5.74) is 1.88. The molecule has 1 saturated heterocycles. The van der Waals surface area contributed by atoms with Gasteiger partial charge >= 0.3 is 0 Å². The molecule has 1 fully saturated rings. The number of nitrogens with zero attached hydrogens (tertiary/aromatic N) is 2. The van der Waals surface area contributed by atoms with Crippen molar-refractivity contribution in [2.45, 2.75) is 26.2 Å². The second-order valence-electron chi connectivity index (χ2n) is 8.45. The van der Waals surface area contributed by atoms with Crippen LogP contribution in [0.25, 0.3) is 6.08 Å². The Labute approximate surface area is 172 Å². The van der Waals surface area contributed by atoms with Gasteiger partial charge in [-0.2, -0.15) is 0 Å². The van der Waals surface area contributed by atoms with Crippen LogP contribution < -0.4 is 5.32 Å². The molecule has 2 heterocycles. The van der Waals surface area contributed by atoms with Gasteiger partial charge in [-0.25, -0.2) is 0 Å². The first-order valence-corrected chi connectivity index (χ1v) is 9.89. The van der Waals surface area contributed by atoms with Crippen molar-refractivity contribution in [1.82, 2.24) is 15.1 Å². The number of piperazine rings is 1. The number of hydrogen-bond donors (Lipinski definition) is 1. The Hall–Kier alpha value is -2.86. The van der Waals surface area contributed by atoms with E-state index >= 15 is 0 Å². The number of hydrogen-bond acceptors (Lipinski definition) is 4. The van der Waals surface area contributed by atoms with E-state index in [2.05, 4.69) is 31.0 Å². The lowest BCUT2D eigenvalue weighted by molar-refractivity contribution is -0.128. The summed E-state index contributed by atoms with van der Waals surface area (Å²) in [6, 6.07) is 11.0. The zero-order chi connectivity index (χ0) is 21.0. The normalized spacial score (nSPS) is 16.0. The first kappa shape index (κ1) is 20.9. The minimum absolute atomic E-state index is 0.0107. The predicted octanol–water partition coefficient (Wildman–Crippen LogP) is 3.12. The molecule has 29 heavy (non-hydrogen) atoms. The molecule has 1 aliphatic rings. The van der Waals surface area contributed by atoms with Crippen LogP contribution in [0.15, 0.2) is 52.8 Å². The van der Waals surface area contributed by atoms with Crippen molar-refractivity contribution in [2.24, 2.45) is 0 Å². The van der Waals surface area contributed by atoms with E-state index < -0.39 is 0 Å². The van der Waals surface area contributed by atoms with Gasteiger partial charge in [0.05, 0.1) is 6.26 Å². The molecule has 6 nitrogen and oxygen atoms in total. The van der Waals surface area contributed by atoms with E-state index in [0.717, 1.165) is 18.7 Å². The molecule has 0 atom stereocenters. The first-order chi connectivity index (χ1) is 13.7. The third-order valence-electron chi connectivity index (χ3n) is 5.11. The molecule has 2 amide bonds. The number of carbonyl (C=O) groups excluding carboxylic acids is 2. The Balaban J connectivity index is 1.79. The van der Waals surface area contributed by atoms with Crippen LogP contribution >= 0.6 is 0 Å². The molecule has 0 spiro atoms. The highest BCUT2D eigenvalue weighted by molar-refractivity contribution is 6.05. The molecule has 154 valence electrons. The van der Waals surface area contributed by atoms with Crippen LogP contribution in [0, 0.1) is 0 Å². The molecule has 0 aliphatic carbocycles. The fourth-order valence-corrected chi connectivity index (χ4v) is 3.16. The lowest BCUT2D eigenvalue weighted by atomic mass is 9.87. The van der Waals surface area contributed by atoms with E-state index in [-0.39, 0.29) is 22.9 Å². The highest BCUT2D eigenvalue weighted by atomic mass is 16.3. The summed E-state index contributed by atoms with van der Waals surface area (Å²) in [4.78, 5) is 29.8. The van der Waals surface area contributed by atoms with Gasteiger partial charge in [-0.3, -0.25) is 9.59 Å². The Morgan fingerprint density at radius 3 is 2.24 bits per heavy atom. The van der Waals surface area contributed by atoms with Crippen molar-refractivity contribution in [3.8, 4) is 0 Å². The van der Waals surface area contributed by atoms with Crippen LogP contribution in [0.5, 0.6) is 0 Å². The highest BCUT2D eigenvalue weighted by Crippen LogP contribution is 2.22. The van der Waals surface area contributed by atoms with E-state index in [1.54, 1.807) is 35.2 Å². The van der Waals surface area contributed by atoms with E-state index in [9.17, 15) is 9.59 Å². The molecule has 1 N–H and O–H groups in total. The van der Waals surface area contributed by atoms with Gasteiger partial charge in [-0.15, -0.1) is 0 Å². The van der Waals surface area contributed by atoms with Crippen molar-refractivity contribution in [3.63, 3.8) is 0 Å². The SMILES string of the molecule is CN1CCN(C(=O)/C(=C/c2ccco2)NC(=O)c2ccc(C(C)(C)C)cc2)CC1. The Morgan fingerprint density at radius 1 is 1.03 bits per heavy atom. The van der Waals surface area contributed by atoms with Crippen LogP contribution in [0.1, 0.15) is 42.5 Å². The van der Waals surface area contributed by atoms with Gasteiger partial charge in [0.15, 0.2) is 0 Å². The smallest absolute Gasteiger partial charge is 0.270 e. The van der Waals surface area contributed by atoms with E-state index in [1.807, 2.05) is 19.2 Å². The molecule has 0 saturated carbocycles. The maximum absolute atomic E-state index is 13.1. The zero-order valence-corrected chi connectivity index (χ0v) is 17.6. The maximum atomic E-state index is 13.1. The lowest BCUT2D eigenvalue weighted by Gasteiger charge is -2.33. The van der Waals surface area contributed by atoms with Crippen molar-refractivity contribution < 1.29 is 14.0 Å². The number of benzene rings is 1. The average Bonchev–Trinajstić information content (AvgIpc) is 3.20. The molecule has 0 radical (unpaired) electrons. The molecule has 1 aromatic heterocycles. The molecule has 1 aliphatic heterocycles. The summed E-state index contributed by atoms with van der Waals surface area (Å²) in [6.45, 7) is 9.24. The molecule has 3 rings (SSSR count). The molecule has 0 unspecified atom stereocenters. The van der Waals surface area contributed by atoms with Gasteiger partial charge < -0.3 is 19.5 Å². The van der Waals surface area contributed by atoms with Crippen molar-refractivity contribution in [3.05, 3.63) is 65.2 Å². The average molecular weight is 396 g/mol. The molecule has 1 aromatic carbocycles. The van der Waals surface area contributed by atoms with Crippen molar-refractivity contribution >= 4 is 17.9 Å². The Bertz CT molecular complexity index is 869. The second-order valence-corrected chi connectivity index (χ2v) is 8.45. The van der Waals surface area contributed by atoms with Crippen LogP contribution in [-0.4, -0.2) is 54.8 Å². The first-order valence-electron chi connectivity index (χ1n) is 9.89. The highest BCUT2D eigenvalue weighted by Gasteiger charge is 2.24. The van der Waals surface area contributed by atoms with Crippen LogP contribution in [-0.2, 0) is 10.2 Å². The van der Waals surface area contributed by atoms with E-state index in [4.69, 9.17) is 4.42 Å². The molecule has 2 aromatic rings. The van der Waals surface area contributed by atoms with Crippen molar-refractivity contribution in [2.75, 3.05) is 33.2 Å². The van der Waals surface area contributed by atoms with Crippen LogP contribution in [0.2, 0.25) is 0 Å². The number of furan rings is 1. The molecule has 0 bridgehead atoms. The minimum Gasteiger partial charge on any atom is -0.465 e. The summed E-state index contributed by atoms with van der Waals surface area (Å²) in [5.74, 6) is 0.00534. The summed E-state index contributed by atoms with van der Waals surface area (Å²) < 4.78 is 5.35. The summed E-state index contributed by atoms with van der Waals surface area (Å²) >= 11 is 0. The number of nitrogens with one attached hydrogen (secondary N) is 1. The molecular weight excluding hydrogens is 366 g/mol. The second kappa shape index (κ2) is 8.66.